The van der Waals surface area contributed by atoms with E-state index in [1.165, 1.54) is 5.56 Å². The Hall–Kier alpha value is -2.33. The Labute approximate surface area is 158 Å². The molecule has 4 nitrogen and oxygen atoms in total. The van der Waals surface area contributed by atoms with Crippen molar-refractivity contribution < 1.29 is 9.59 Å². The number of amides is 2. The zero-order chi connectivity index (χ0) is 18.9. The van der Waals surface area contributed by atoms with Crippen molar-refractivity contribution in [1.29, 1.82) is 0 Å². The van der Waals surface area contributed by atoms with E-state index in [4.69, 9.17) is 11.6 Å². The van der Waals surface area contributed by atoms with Crippen LogP contribution in [0.1, 0.15) is 35.1 Å². The molecule has 2 aromatic rings. The minimum atomic E-state index is -0.981. The van der Waals surface area contributed by atoms with Crippen LogP contribution in [-0.4, -0.2) is 11.8 Å². The zero-order valence-corrected chi connectivity index (χ0v) is 16.0. The van der Waals surface area contributed by atoms with E-state index in [2.05, 4.69) is 10.6 Å². The predicted octanol–water partition coefficient (Wildman–Crippen LogP) is 4.30. The van der Waals surface area contributed by atoms with Crippen LogP contribution in [0.25, 0.3) is 0 Å². The lowest BCUT2D eigenvalue weighted by atomic mass is 10.0. The van der Waals surface area contributed by atoms with Gasteiger partial charge in [-0.1, -0.05) is 47.5 Å². The van der Waals surface area contributed by atoms with Crippen LogP contribution >= 0.6 is 11.6 Å². The number of aryl methyl sites for hydroxylation is 3. The highest BCUT2D eigenvalue weighted by molar-refractivity contribution is 6.34. The minimum absolute atomic E-state index is 0.225. The van der Waals surface area contributed by atoms with E-state index in [1.54, 1.807) is 6.07 Å². The first-order valence-corrected chi connectivity index (χ1v) is 9.12. The van der Waals surface area contributed by atoms with Gasteiger partial charge in [0.15, 0.2) is 0 Å². The van der Waals surface area contributed by atoms with Gasteiger partial charge in [0.1, 0.15) is 5.41 Å². The maximum Gasteiger partial charge on any atom is 0.240 e. The molecular formula is C21H23ClN2O2. The van der Waals surface area contributed by atoms with Crippen molar-refractivity contribution in [3.05, 3.63) is 63.7 Å². The molecule has 2 aromatic carbocycles. The summed E-state index contributed by atoms with van der Waals surface area (Å²) in [5.74, 6) is -0.510. The van der Waals surface area contributed by atoms with Gasteiger partial charge in [-0.2, -0.15) is 0 Å². The van der Waals surface area contributed by atoms with Crippen molar-refractivity contribution >= 4 is 29.1 Å². The monoisotopic (exact) mass is 370 g/mol. The maximum absolute atomic E-state index is 12.8. The van der Waals surface area contributed by atoms with Crippen LogP contribution in [0.4, 0.5) is 5.69 Å². The van der Waals surface area contributed by atoms with Gasteiger partial charge in [-0.05, 0) is 56.4 Å². The first-order chi connectivity index (χ1) is 12.3. The van der Waals surface area contributed by atoms with Gasteiger partial charge in [0.05, 0.1) is 10.7 Å². The normalized spacial score (nSPS) is 14.6. The summed E-state index contributed by atoms with van der Waals surface area (Å²) in [6.07, 6.45) is 1.11. The van der Waals surface area contributed by atoms with Crippen molar-refractivity contribution in [2.45, 2.75) is 40.2 Å². The average molecular weight is 371 g/mol. The van der Waals surface area contributed by atoms with Crippen LogP contribution in [-0.2, 0) is 16.1 Å². The third kappa shape index (κ3) is 3.75. The second-order valence-electron chi connectivity index (χ2n) is 7.14. The molecule has 0 heterocycles. The standard InChI is InChI=1S/C21H23ClN2O2/c1-13-4-6-16(7-5-13)12-23-19(25)21(8-9-21)20(26)24-18-15(3)10-14(2)11-17(18)22/h4-7,10-11H,8-9,12H2,1-3H3,(H,23,25)(H,24,26). The lowest BCUT2D eigenvalue weighted by Crippen LogP contribution is -2.39. The first kappa shape index (κ1) is 18.5. The molecule has 0 unspecified atom stereocenters. The van der Waals surface area contributed by atoms with E-state index in [0.717, 1.165) is 16.7 Å². The van der Waals surface area contributed by atoms with E-state index in [0.29, 0.717) is 30.1 Å². The number of nitrogens with one attached hydrogen (secondary N) is 2. The van der Waals surface area contributed by atoms with Gasteiger partial charge in [-0.3, -0.25) is 9.59 Å². The third-order valence-corrected chi connectivity index (χ3v) is 5.16. The molecule has 0 saturated heterocycles. The SMILES string of the molecule is Cc1ccc(CNC(=O)C2(C(=O)Nc3c(C)cc(C)cc3Cl)CC2)cc1. The molecule has 1 saturated carbocycles. The van der Waals surface area contributed by atoms with Crippen LogP contribution < -0.4 is 10.6 Å². The van der Waals surface area contributed by atoms with Gasteiger partial charge in [0.25, 0.3) is 0 Å². The molecule has 2 N–H and O–H groups in total. The number of carbonyl (C=O) groups excluding carboxylic acids is 2. The second kappa shape index (κ2) is 7.12. The summed E-state index contributed by atoms with van der Waals surface area (Å²) in [5.41, 5.74) is 3.70. The number of benzene rings is 2. The highest BCUT2D eigenvalue weighted by atomic mass is 35.5. The predicted molar refractivity (Wildman–Crippen MR) is 104 cm³/mol. The van der Waals surface area contributed by atoms with E-state index in [1.807, 2.05) is 51.1 Å². The molecule has 0 bridgehead atoms. The summed E-state index contributed by atoms with van der Waals surface area (Å²) in [6.45, 7) is 6.28. The summed E-state index contributed by atoms with van der Waals surface area (Å²) >= 11 is 6.27. The highest BCUT2D eigenvalue weighted by Crippen LogP contribution is 2.47. The van der Waals surface area contributed by atoms with Gasteiger partial charge in [-0.15, -0.1) is 0 Å². The number of carbonyl (C=O) groups is 2. The fourth-order valence-corrected chi connectivity index (χ4v) is 3.42. The number of hydrogen-bond acceptors (Lipinski definition) is 2. The highest BCUT2D eigenvalue weighted by Gasteiger charge is 2.56. The number of hydrogen-bond donors (Lipinski definition) is 2. The molecule has 0 aliphatic heterocycles. The van der Waals surface area contributed by atoms with Gasteiger partial charge in [0, 0.05) is 6.54 Å². The molecule has 0 radical (unpaired) electrons. The maximum atomic E-state index is 12.8. The lowest BCUT2D eigenvalue weighted by molar-refractivity contribution is -0.134. The Bertz CT molecular complexity index is 832. The summed E-state index contributed by atoms with van der Waals surface area (Å²) in [7, 11) is 0. The summed E-state index contributed by atoms with van der Waals surface area (Å²) in [4.78, 5) is 25.4. The second-order valence-corrected chi connectivity index (χ2v) is 7.55. The molecule has 0 atom stereocenters. The smallest absolute Gasteiger partial charge is 0.240 e. The first-order valence-electron chi connectivity index (χ1n) is 8.74. The molecule has 2 amide bonds. The summed E-state index contributed by atoms with van der Waals surface area (Å²) < 4.78 is 0. The summed E-state index contributed by atoms with van der Waals surface area (Å²) in [5, 5.41) is 6.25. The van der Waals surface area contributed by atoms with Crippen molar-refractivity contribution in [2.24, 2.45) is 5.41 Å². The topological polar surface area (TPSA) is 58.2 Å². The molecule has 3 rings (SSSR count). The lowest BCUT2D eigenvalue weighted by Gasteiger charge is -2.18. The van der Waals surface area contributed by atoms with Crippen LogP contribution in [0, 0.1) is 26.2 Å². The Kier molecular flexibility index (Phi) is 5.05. The van der Waals surface area contributed by atoms with Crippen molar-refractivity contribution in [1.82, 2.24) is 5.32 Å². The largest absolute Gasteiger partial charge is 0.351 e. The van der Waals surface area contributed by atoms with Gasteiger partial charge < -0.3 is 10.6 Å². The Morgan fingerprint density at radius 3 is 2.23 bits per heavy atom. The van der Waals surface area contributed by atoms with Gasteiger partial charge in [-0.25, -0.2) is 0 Å². The number of anilines is 1. The van der Waals surface area contributed by atoms with Crippen molar-refractivity contribution in [2.75, 3.05) is 5.32 Å². The van der Waals surface area contributed by atoms with E-state index < -0.39 is 5.41 Å². The molecule has 136 valence electrons. The molecule has 5 heteroatoms. The van der Waals surface area contributed by atoms with E-state index in [-0.39, 0.29) is 11.8 Å². The van der Waals surface area contributed by atoms with Crippen molar-refractivity contribution in [3.63, 3.8) is 0 Å². The molecule has 1 aliphatic rings. The quantitative estimate of drug-likeness (QED) is 0.771. The van der Waals surface area contributed by atoms with Crippen LogP contribution in [0.3, 0.4) is 0 Å². The van der Waals surface area contributed by atoms with Crippen LogP contribution in [0.5, 0.6) is 0 Å². The molecule has 1 fully saturated rings. The molecule has 1 aliphatic carbocycles. The van der Waals surface area contributed by atoms with Crippen molar-refractivity contribution in [3.8, 4) is 0 Å². The van der Waals surface area contributed by atoms with Gasteiger partial charge >= 0.3 is 0 Å². The fourth-order valence-electron chi connectivity index (χ4n) is 3.05. The molecule has 0 spiro atoms. The molecule has 26 heavy (non-hydrogen) atoms. The average Bonchev–Trinajstić information content (AvgIpc) is 3.39. The Morgan fingerprint density at radius 2 is 1.65 bits per heavy atom. The van der Waals surface area contributed by atoms with E-state index in [9.17, 15) is 9.59 Å². The molecular weight excluding hydrogens is 348 g/mol. The third-order valence-electron chi connectivity index (χ3n) is 4.86. The van der Waals surface area contributed by atoms with Crippen LogP contribution in [0.2, 0.25) is 5.02 Å². The fraction of sp³-hybridized carbons (Fsp3) is 0.333. The Balaban J connectivity index is 1.67. The number of halogens is 1. The summed E-state index contributed by atoms with van der Waals surface area (Å²) in [6, 6.07) is 11.7. The van der Waals surface area contributed by atoms with Gasteiger partial charge in [0.2, 0.25) is 11.8 Å². The Morgan fingerprint density at radius 1 is 1.00 bits per heavy atom. The zero-order valence-electron chi connectivity index (χ0n) is 15.3. The number of rotatable bonds is 5. The van der Waals surface area contributed by atoms with Crippen LogP contribution in [0.15, 0.2) is 36.4 Å². The van der Waals surface area contributed by atoms with E-state index >= 15 is 0 Å². The molecule has 0 aromatic heterocycles. The minimum Gasteiger partial charge on any atom is -0.351 e.